The predicted molar refractivity (Wildman–Crippen MR) is 206 cm³/mol. The molecule has 8 heteroatoms. The Kier molecular flexibility index (Phi) is 12.6. The summed E-state index contributed by atoms with van der Waals surface area (Å²) in [5.41, 5.74) is 3.61. The van der Waals surface area contributed by atoms with Crippen LogP contribution in [0.4, 0.5) is 0 Å². The number of rotatable bonds is 15. The van der Waals surface area contributed by atoms with E-state index < -0.39 is 32.2 Å². The van der Waals surface area contributed by atoms with Crippen molar-refractivity contribution in [3.8, 4) is 5.75 Å². The molecule has 5 rings (SSSR count). The number of nitrogens with zero attached hydrogens (tertiary/aromatic N) is 1. The van der Waals surface area contributed by atoms with Gasteiger partial charge in [0.1, 0.15) is 5.75 Å². The third-order valence-electron chi connectivity index (χ3n) is 10.7. The molecular formula is C43H55NO6Si. The van der Waals surface area contributed by atoms with E-state index in [2.05, 4.69) is 58.0 Å². The lowest BCUT2D eigenvalue weighted by molar-refractivity contribution is -0.140. The number of aliphatic hydroxyl groups excluding tert-OH is 2. The molecule has 0 bridgehead atoms. The van der Waals surface area contributed by atoms with Crippen LogP contribution in [0.15, 0.2) is 102 Å². The Morgan fingerprint density at radius 2 is 1.51 bits per heavy atom. The highest BCUT2D eigenvalue weighted by molar-refractivity contribution is 6.99. The van der Waals surface area contributed by atoms with Crippen molar-refractivity contribution in [3.63, 3.8) is 0 Å². The maximum atomic E-state index is 13.8. The zero-order valence-electron chi connectivity index (χ0n) is 30.8. The van der Waals surface area contributed by atoms with Gasteiger partial charge in [-0.15, -0.1) is 0 Å². The van der Waals surface area contributed by atoms with Crippen molar-refractivity contribution in [2.75, 3.05) is 19.8 Å². The van der Waals surface area contributed by atoms with E-state index in [4.69, 9.17) is 4.43 Å². The molecule has 272 valence electrons. The second kappa shape index (κ2) is 16.7. The Labute approximate surface area is 304 Å². The second-order valence-electron chi connectivity index (χ2n) is 15.2. The summed E-state index contributed by atoms with van der Waals surface area (Å²) >= 11 is 0. The van der Waals surface area contributed by atoms with E-state index in [1.165, 1.54) is 10.5 Å². The molecule has 1 fully saturated rings. The standard InChI is InChI=1S/C43H55NO6Si/c1-6-14-30(26-31-19-22-33(46)23-20-31)21-24-38(47)39-32(27-36-40(37(39)28-45)42(49)44(25-7-2)41(36)48)29-50-51(43(3,4)5,34-15-10-8-11-16-34)35-17-12-9-13-18-35/h8-13,15-20,22-23,26,36-38,40,45-47H,6-7,14,21,24-25,27-29H2,1-5H3/b30-26+/t36-,37+,38-,40-/m1/s1. The maximum absolute atomic E-state index is 13.8. The third-order valence-corrected chi connectivity index (χ3v) is 15.7. The van der Waals surface area contributed by atoms with Gasteiger partial charge in [-0.3, -0.25) is 14.5 Å². The number of carbonyl (C=O) groups excluding carboxylic acids is 2. The van der Waals surface area contributed by atoms with Gasteiger partial charge < -0.3 is 19.7 Å². The molecular weight excluding hydrogens is 655 g/mol. The molecule has 3 aromatic carbocycles. The van der Waals surface area contributed by atoms with Crippen molar-refractivity contribution in [1.29, 1.82) is 0 Å². The van der Waals surface area contributed by atoms with Gasteiger partial charge in [0.15, 0.2) is 0 Å². The Morgan fingerprint density at radius 1 is 0.902 bits per heavy atom. The summed E-state index contributed by atoms with van der Waals surface area (Å²) in [6, 6.07) is 27.8. The maximum Gasteiger partial charge on any atom is 0.261 e. The number of likely N-dealkylation sites (tertiary alicyclic amines) is 1. The van der Waals surface area contributed by atoms with Gasteiger partial charge in [0.05, 0.1) is 31.2 Å². The molecule has 2 aliphatic rings. The van der Waals surface area contributed by atoms with Gasteiger partial charge in [0.2, 0.25) is 11.8 Å². The van der Waals surface area contributed by atoms with Gasteiger partial charge in [0, 0.05) is 12.5 Å². The number of phenols is 1. The molecule has 2 amide bonds. The highest BCUT2D eigenvalue weighted by Gasteiger charge is 2.55. The average molecular weight is 710 g/mol. The van der Waals surface area contributed by atoms with Crippen molar-refractivity contribution in [2.24, 2.45) is 17.8 Å². The summed E-state index contributed by atoms with van der Waals surface area (Å²) in [4.78, 5) is 29.0. The van der Waals surface area contributed by atoms with Crippen LogP contribution < -0.4 is 10.4 Å². The molecule has 1 aliphatic carbocycles. The van der Waals surface area contributed by atoms with Crippen LogP contribution in [0.2, 0.25) is 5.04 Å². The molecule has 3 aromatic rings. The molecule has 1 saturated heterocycles. The number of allylic oxidation sites excluding steroid dienone is 1. The summed E-state index contributed by atoms with van der Waals surface area (Å²) in [6.07, 6.45) is 4.93. The number of phenolic OH excluding ortho intramolecular Hbond substituents is 1. The van der Waals surface area contributed by atoms with Gasteiger partial charge >= 0.3 is 0 Å². The largest absolute Gasteiger partial charge is 0.508 e. The first-order chi connectivity index (χ1) is 24.5. The first-order valence-electron chi connectivity index (χ1n) is 18.6. The molecule has 0 aromatic heterocycles. The summed E-state index contributed by atoms with van der Waals surface area (Å²) < 4.78 is 7.36. The highest BCUT2D eigenvalue weighted by atomic mass is 28.4. The van der Waals surface area contributed by atoms with E-state index in [-0.39, 0.29) is 35.8 Å². The van der Waals surface area contributed by atoms with Gasteiger partial charge in [-0.2, -0.15) is 0 Å². The van der Waals surface area contributed by atoms with E-state index >= 15 is 0 Å². The number of aliphatic hydroxyl groups is 2. The highest BCUT2D eigenvalue weighted by Crippen LogP contribution is 2.47. The minimum absolute atomic E-state index is 0.180. The van der Waals surface area contributed by atoms with Crippen LogP contribution in [0.5, 0.6) is 5.75 Å². The first kappa shape index (κ1) is 38.4. The van der Waals surface area contributed by atoms with Crippen molar-refractivity contribution in [1.82, 2.24) is 4.90 Å². The van der Waals surface area contributed by atoms with Crippen LogP contribution in [0.25, 0.3) is 6.08 Å². The fraction of sp³-hybridized carbons (Fsp3) is 0.442. The van der Waals surface area contributed by atoms with Gasteiger partial charge in [-0.25, -0.2) is 0 Å². The van der Waals surface area contributed by atoms with E-state index in [1.54, 1.807) is 12.1 Å². The number of benzene rings is 3. The van der Waals surface area contributed by atoms with Crippen LogP contribution in [0, 0.1) is 17.8 Å². The van der Waals surface area contributed by atoms with Crippen LogP contribution in [0.3, 0.4) is 0 Å². The molecule has 1 heterocycles. The second-order valence-corrected chi connectivity index (χ2v) is 19.5. The Bertz CT molecular complexity index is 1660. The first-order valence-corrected chi connectivity index (χ1v) is 20.5. The number of aromatic hydroxyl groups is 1. The minimum atomic E-state index is -2.98. The molecule has 51 heavy (non-hydrogen) atoms. The molecule has 3 N–H and O–H groups in total. The summed E-state index contributed by atoms with van der Waals surface area (Å²) in [5, 5.41) is 34.9. The minimum Gasteiger partial charge on any atom is -0.508 e. The van der Waals surface area contributed by atoms with Crippen LogP contribution in [-0.2, 0) is 14.0 Å². The summed E-state index contributed by atoms with van der Waals surface area (Å²) in [7, 11) is -2.98. The molecule has 1 aliphatic heterocycles. The average Bonchev–Trinajstić information content (AvgIpc) is 3.36. The smallest absolute Gasteiger partial charge is 0.261 e. The zero-order valence-corrected chi connectivity index (χ0v) is 31.8. The summed E-state index contributed by atoms with van der Waals surface area (Å²) in [6.45, 7) is 10.9. The number of carbonyl (C=O) groups is 2. The topological polar surface area (TPSA) is 107 Å². The molecule has 0 spiro atoms. The van der Waals surface area contributed by atoms with Gasteiger partial charge in [0.25, 0.3) is 8.32 Å². The zero-order chi connectivity index (χ0) is 36.8. The molecule has 0 unspecified atom stereocenters. The van der Waals surface area contributed by atoms with E-state index in [9.17, 15) is 24.9 Å². The van der Waals surface area contributed by atoms with Gasteiger partial charge in [-0.1, -0.05) is 125 Å². The lowest BCUT2D eigenvalue weighted by Crippen LogP contribution is -2.66. The van der Waals surface area contributed by atoms with Crippen molar-refractivity contribution >= 4 is 36.6 Å². The fourth-order valence-corrected chi connectivity index (χ4v) is 13.0. The van der Waals surface area contributed by atoms with Gasteiger partial charge in [-0.05, 0) is 76.4 Å². The van der Waals surface area contributed by atoms with Crippen molar-refractivity contribution in [3.05, 3.63) is 107 Å². The van der Waals surface area contributed by atoms with E-state index in [1.807, 2.05) is 55.5 Å². The Morgan fingerprint density at radius 3 is 2.04 bits per heavy atom. The normalized spacial score (nSPS) is 20.6. The lowest BCUT2D eigenvalue weighted by atomic mass is 9.68. The monoisotopic (exact) mass is 709 g/mol. The Hall–Kier alpha value is -3.82. The predicted octanol–water partition coefficient (Wildman–Crippen LogP) is 6.61. The number of imide groups is 1. The molecule has 0 radical (unpaired) electrons. The SMILES string of the molecule is CCC/C(=C\c1ccc(O)cc1)CC[C@@H](O)C1=C(CO[Si](c2ccccc2)(c2ccccc2)C(C)(C)C)C[C@H]2C(=O)N(CCC)C(=O)[C@H]2[C@H]1CO. The lowest BCUT2D eigenvalue weighted by Gasteiger charge is -2.44. The van der Waals surface area contributed by atoms with Crippen molar-refractivity contribution < 1.29 is 29.3 Å². The number of amides is 2. The number of hydrogen-bond donors (Lipinski definition) is 3. The number of hydrogen-bond acceptors (Lipinski definition) is 6. The third kappa shape index (κ3) is 7.99. The summed E-state index contributed by atoms with van der Waals surface area (Å²) in [5.74, 6) is -2.23. The quantitative estimate of drug-likeness (QED) is 0.0932. The van der Waals surface area contributed by atoms with E-state index in [0.717, 1.165) is 34.4 Å². The van der Waals surface area contributed by atoms with Crippen LogP contribution >= 0.6 is 0 Å². The fourth-order valence-electron chi connectivity index (χ4n) is 8.43. The van der Waals surface area contributed by atoms with Crippen LogP contribution in [-0.4, -0.2) is 66.2 Å². The number of fused-ring (bicyclic) bond motifs is 1. The molecule has 4 atom stereocenters. The van der Waals surface area contributed by atoms with Crippen LogP contribution in [0.1, 0.15) is 78.7 Å². The Balaban J connectivity index is 1.57. The molecule has 0 saturated carbocycles. The molecule has 7 nitrogen and oxygen atoms in total. The van der Waals surface area contributed by atoms with E-state index in [0.29, 0.717) is 37.8 Å². The van der Waals surface area contributed by atoms with Crippen molar-refractivity contribution in [2.45, 2.75) is 84.3 Å².